The molecule has 0 bridgehead atoms. The Kier molecular flexibility index (Phi) is 3.64. The Bertz CT molecular complexity index is 577. The van der Waals surface area contributed by atoms with E-state index in [2.05, 4.69) is 0 Å². The second-order valence-electron chi connectivity index (χ2n) is 4.44. The fourth-order valence-corrected chi connectivity index (χ4v) is 3.16. The van der Waals surface area contributed by atoms with E-state index < -0.39 is 9.05 Å². The maximum Gasteiger partial charge on any atom is 0.262 e. The number of halogens is 1. The average molecular weight is 288 g/mol. The van der Waals surface area contributed by atoms with Crippen LogP contribution in [-0.4, -0.2) is 32.3 Å². The van der Waals surface area contributed by atoms with Gasteiger partial charge in [-0.1, -0.05) is 11.6 Å². The second-order valence-corrected chi connectivity index (χ2v) is 6.97. The van der Waals surface area contributed by atoms with Crippen LogP contribution in [0.2, 0.25) is 0 Å². The highest BCUT2D eigenvalue weighted by Crippen LogP contribution is 2.24. The van der Waals surface area contributed by atoms with E-state index in [0.29, 0.717) is 13.1 Å². The zero-order chi connectivity index (χ0) is 13.3. The van der Waals surface area contributed by atoms with Crippen LogP contribution in [0.4, 0.5) is 0 Å². The van der Waals surface area contributed by atoms with E-state index in [9.17, 15) is 13.2 Å². The Morgan fingerprint density at radius 3 is 2.44 bits per heavy atom. The quantitative estimate of drug-likeness (QED) is 0.783. The molecule has 0 saturated carbocycles. The van der Waals surface area contributed by atoms with Crippen LogP contribution in [-0.2, 0) is 9.05 Å². The van der Waals surface area contributed by atoms with Crippen LogP contribution >= 0.6 is 10.7 Å². The lowest BCUT2D eigenvalue weighted by Gasteiger charge is -2.17. The summed E-state index contributed by atoms with van der Waals surface area (Å²) in [5.74, 6) is -0.254. The third-order valence-electron chi connectivity index (χ3n) is 3.02. The van der Waals surface area contributed by atoms with Crippen molar-refractivity contribution in [1.29, 1.82) is 0 Å². The van der Waals surface area contributed by atoms with Gasteiger partial charge < -0.3 is 4.90 Å². The standard InChI is InChI=1S/C12H14ClNO3S/c1-9-4-5-11(18(13,16)17)10(8-9)12(15)14-6-2-3-7-14/h4-5,8H,2-3,6-7H2,1H3. The summed E-state index contributed by atoms with van der Waals surface area (Å²) in [7, 11) is 1.47. The summed E-state index contributed by atoms with van der Waals surface area (Å²) in [6.45, 7) is 3.16. The molecular weight excluding hydrogens is 274 g/mol. The third kappa shape index (κ3) is 2.67. The number of likely N-dealkylation sites (tertiary alicyclic amines) is 1. The Morgan fingerprint density at radius 2 is 1.89 bits per heavy atom. The molecule has 1 fully saturated rings. The third-order valence-corrected chi connectivity index (χ3v) is 4.40. The minimum absolute atomic E-state index is 0.105. The van der Waals surface area contributed by atoms with Crippen LogP contribution in [0.1, 0.15) is 28.8 Å². The summed E-state index contributed by atoms with van der Waals surface area (Å²) >= 11 is 0. The molecule has 1 saturated heterocycles. The van der Waals surface area contributed by atoms with Gasteiger partial charge in [-0.2, -0.15) is 0 Å². The van der Waals surface area contributed by atoms with Gasteiger partial charge >= 0.3 is 0 Å². The molecule has 0 unspecified atom stereocenters. The maximum absolute atomic E-state index is 12.3. The van der Waals surface area contributed by atoms with E-state index >= 15 is 0 Å². The highest BCUT2D eigenvalue weighted by Gasteiger charge is 2.26. The normalized spacial score (nSPS) is 16.0. The molecule has 1 amide bonds. The molecule has 18 heavy (non-hydrogen) atoms. The van der Waals surface area contributed by atoms with Gasteiger partial charge in [0.25, 0.3) is 15.0 Å². The van der Waals surface area contributed by atoms with Gasteiger partial charge in [-0.25, -0.2) is 8.42 Å². The van der Waals surface area contributed by atoms with Crippen molar-refractivity contribution in [3.63, 3.8) is 0 Å². The van der Waals surface area contributed by atoms with Gasteiger partial charge in [0.05, 0.1) is 10.5 Å². The number of rotatable bonds is 2. The minimum atomic E-state index is -3.90. The molecule has 6 heteroatoms. The van der Waals surface area contributed by atoms with Crippen molar-refractivity contribution in [2.24, 2.45) is 0 Å². The molecule has 2 rings (SSSR count). The number of hydrogen-bond donors (Lipinski definition) is 0. The van der Waals surface area contributed by atoms with Gasteiger partial charge in [-0.3, -0.25) is 4.79 Å². The first-order chi connectivity index (χ1) is 8.39. The van der Waals surface area contributed by atoms with Gasteiger partial charge in [0.2, 0.25) is 0 Å². The van der Waals surface area contributed by atoms with Gasteiger partial charge in [-0.05, 0) is 31.9 Å². The first-order valence-corrected chi connectivity index (χ1v) is 8.05. The summed E-state index contributed by atoms with van der Waals surface area (Å²) < 4.78 is 23.0. The first-order valence-electron chi connectivity index (χ1n) is 5.74. The number of carbonyl (C=O) groups excluding carboxylic acids is 1. The SMILES string of the molecule is Cc1ccc(S(=O)(=O)Cl)c(C(=O)N2CCCC2)c1. The van der Waals surface area contributed by atoms with Gasteiger partial charge in [0.1, 0.15) is 0 Å². The summed E-state index contributed by atoms with van der Waals surface area (Å²) in [4.78, 5) is 13.8. The highest BCUT2D eigenvalue weighted by molar-refractivity contribution is 8.13. The summed E-state index contributed by atoms with van der Waals surface area (Å²) in [6.07, 6.45) is 1.92. The molecule has 98 valence electrons. The monoisotopic (exact) mass is 287 g/mol. The number of benzene rings is 1. The van der Waals surface area contributed by atoms with Crippen molar-refractivity contribution >= 4 is 25.6 Å². The molecule has 0 spiro atoms. The van der Waals surface area contributed by atoms with Crippen LogP contribution in [0.5, 0.6) is 0 Å². The van der Waals surface area contributed by atoms with Crippen LogP contribution in [0, 0.1) is 6.92 Å². The molecule has 0 aliphatic carbocycles. The van der Waals surface area contributed by atoms with Gasteiger partial charge in [-0.15, -0.1) is 0 Å². The lowest BCUT2D eigenvalue weighted by atomic mass is 10.1. The number of amides is 1. The minimum Gasteiger partial charge on any atom is -0.339 e. The van der Waals surface area contributed by atoms with Crippen LogP contribution in [0.15, 0.2) is 23.1 Å². The van der Waals surface area contributed by atoms with Crippen LogP contribution < -0.4 is 0 Å². The van der Waals surface area contributed by atoms with Crippen molar-refractivity contribution in [2.45, 2.75) is 24.7 Å². The van der Waals surface area contributed by atoms with Crippen molar-refractivity contribution in [1.82, 2.24) is 4.90 Å². The van der Waals surface area contributed by atoms with Gasteiger partial charge in [0.15, 0.2) is 0 Å². The number of aryl methyl sites for hydroxylation is 1. The van der Waals surface area contributed by atoms with E-state index in [1.807, 2.05) is 6.92 Å². The molecule has 1 aliphatic rings. The van der Waals surface area contributed by atoms with E-state index in [1.54, 1.807) is 17.0 Å². The zero-order valence-electron chi connectivity index (χ0n) is 10.0. The second kappa shape index (κ2) is 4.90. The summed E-state index contributed by atoms with van der Waals surface area (Å²) in [5, 5.41) is 0. The predicted molar refractivity (Wildman–Crippen MR) is 69.4 cm³/mol. The Hall–Kier alpha value is -1.07. The van der Waals surface area contributed by atoms with Crippen molar-refractivity contribution in [2.75, 3.05) is 13.1 Å². The molecule has 0 atom stereocenters. The van der Waals surface area contributed by atoms with Crippen molar-refractivity contribution < 1.29 is 13.2 Å². The lowest BCUT2D eigenvalue weighted by molar-refractivity contribution is 0.0789. The zero-order valence-corrected chi connectivity index (χ0v) is 11.6. The molecule has 1 aromatic carbocycles. The Morgan fingerprint density at radius 1 is 1.28 bits per heavy atom. The van der Waals surface area contributed by atoms with Crippen molar-refractivity contribution in [3.05, 3.63) is 29.3 Å². The number of carbonyl (C=O) groups is 1. The maximum atomic E-state index is 12.3. The fraction of sp³-hybridized carbons (Fsp3) is 0.417. The molecule has 4 nitrogen and oxygen atoms in total. The Labute approximate surface area is 111 Å². The number of nitrogens with zero attached hydrogens (tertiary/aromatic N) is 1. The molecule has 0 aromatic heterocycles. The van der Waals surface area contributed by atoms with Gasteiger partial charge in [0, 0.05) is 23.8 Å². The van der Waals surface area contributed by atoms with Crippen LogP contribution in [0.25, 0.3) is 0 Å². The average Bonchev–Trinajstić information content (AvgIpc) is 2.79. The van der Waals surface area contributed by atoms with E-state index in [-0.39, 0.29) is 16.4 Å². The molecule has 0 radical (unpaired) electrons. The topological polar surface area (TPSA) is 54.5 Å². The molecule has 1 heterocycles. The Balaban J connectivity index is 2.48. The largest absolute Gasteiger partial charge is 0.339 e. The van der Waals surface area contributed by atoms with E-state index in [0.717, 1.165) is 18.4 Å². The van der Waals surface area contributed by atoms with Crippen LogP contribution in [0.3, 0.4) is 0 Å². The van der Waals surface area contributed by atoms with Crippen molar-refractivity contribution in [3.8, 4) is 0 Å². The smallest absolute Gasteiger partial charge is 0.262 e. The molecular formula is C12H14ClNO3S. The summed E-state index contributed by atoms with van der Waals surface area (Å²) in [6, 6.07) is 4.60. The molecule has 0 N–H and O–H groups in total. The highest BCUT2D eigenvalue weighted by atomic mass is 35.7. The fourth-order valence-electron chi connectivity index (χ4n) is 2.11. The molecule has 1 aliphatic heterocycles. The number of hydrogen-bond acceptors (Lipinski definition) is 3. The van der Waals surface area contributed by atoms with E-state index in [4.69, 9.17) is 10.7 Å². The molecule has 1 aromatic rings. The summed E-state index contributed by atoms with van der Waals surface area (Å²) in [5.41, 5.74) is 1.01. The predicted octanol–water partition coefficient (Wildman–Crippen LogP) is 2.16. The first kappa shape index (κ1) is 13.4. The van der Waals surface area contributed by atoms with E-state index in [1.165, 1.54) is 6.07 Å². The lowest BCUT2D eigenvalue weighted by Crippen LogP contribution is -2.28.